The van der Waals surface area contributed by atoms with Crippen LogP contribution in [-0.2, 0) is 6.42 Å². The summed E-state index contributed by atoms with van der Waals surface area (Å²) in [7, 11) is 0. The highest BCUT2D eigenvalue weighted by molar-refractivity contribution is 5.39. The van der Waals surface area contributed by atoms with E-state index in [0.717, 1.165) is 5.69 Å². The molecular weight excluding hydrogens is 183 g/mol. The predicted octanol–water partition coefficient (Wildman–Crippen LogP) is 1.40. The number of aliphatic hydroxyl groups excluding tert-OH is 1. The Morgan fingerprint density at radius 2 is 2.29 bits per heavy atom. The zero-order chi connectivity index (χ0) is 9.97. The number of aromatic nitrogens is 2. The van der Waals surface area contributed by atoms with E-state index < -0.39 is 0 Å². The Hall–Kier alpha value is -1.42. The number of aliphatic hydroxyl groups is 1. The number of imidazole rings is 1. The fourth-order valence-electron chi connectivity index (χ4n) is 1.41. The van der Waals surface area contributed by atoms with Crippen molar-refractivity contribution in [3.05, 3.63) is 36.0 Å². The van der Waals surface area contributed by atoms with Crippen molar-refractivity contribution in [3.63, 3.8) is 0 Å². The maximum Gasteiger partial charge on any atom is 0.199 e. The number of fused-ring (bicyclic) bond motifs is 1. The first-order valence-corrected chi connectivity index (χ1v) is 4.54. The molecule has 0 saturated carbocycles. The van der Waals surface area contributed by atoms with Gasteiger partial charge in [0.15, 0.2) is 5.95 Å². The van der Waals surface area contributed by atoms with Crippen molar-refractivity contribution in [2.45, 2.75) is 12.8 Å². The summed E-state index contributed by atoms with van der Waals surface area (Å²) in [6, 6.07) is 4.78. The SMILES string of the molecule is OCCCc1cn2c(F)cccc2n1. The van der Waals surface area contributed by atoms with Crippen LogP contribution in [0.1, 0.15) is 12.1 Å². The Morgan fingerprint density at radius 3 is 3.00 bits per heavy atom. The molecule has 0 spiro atoms. The lowest BCUT2D eigenvalue weighted by atomic mass is 10.3. The minimum Gasteiger partial charge on any atom is -0.396 e. The largest absolute Gasteiger partial charge is 0.396 e. The van der Waals surface area contributed by atoms with Crippen molar-refractivity contribution < 1.29 is 9.50 Å². The van der Waals surface area contributed by atoms with Crippen LogP contribution in [0.3, 0.4) is 0 Å². The van der Waals surface area contributed by atoms with Crippen molar-refractivity contribution in [2.24, 2.45) is 0 Å². The van der Waals surface area contributed by atoms with E-state index >= 15 is 0 Å². The van der Waals surface area contributed by atoms with Crippen molar-refractivity contribution in [1.82, 2.24) is 9.38 Å². The minimum absolute atomic E-state index is 0.135. The quantitative estimate of drug-likeness (QED) is 0.750. The highest BCUT2D eigenvalue weighted by Gasteiger charge is 2.03. The normalized spacial score (nSPS) is 11.0. The first-order valence-electron chi connectivity index (χ1n) is 4.54. The number of aryl methyl sites for hydroxylation is 1. The van der Waals surface area contributed by atoms with E-state index in [1.807, 2.05) is 0 Å². The van der Waals surface area contributed by atoms with Crippen LogP contribution in [0.15, 0.2) is 24.4 Å². The molecule has 0 atom stereocenters. The van der Waals surface area contributed by atoms with E-state index in [0.29, 0.717) is 18.5 Å². The fourth-order valence-corrected chi connectivity index (χ4v) is 1.41. The predicted molar refractivity (Wildman–Crippen MR) is 50.6 cm³/mol. The lowest BCUT2D eigenvalue weighted by molar-refractivity contribution is 0.288. The number of nitrogens with zero attached hydrogens (tertiary/aromatic N) is 2. The van der Waals surface area contributed by atoms with E-state index in [1.54, 1.807) is 18.3 Å². The van der Waals surface area contributed by atoms with Crippen LogP contribution in [0.5, 0.6) is 0 Å². The fraction of sp³-hybridized carbons (Fsp3) is 0.300. The van der Waals surface area contributed by atoms with E-state index in [4.69, 9.17) is 5.11 Å². The highest BCUT2D eigenvalue weighted by atomic mass is 19.1. The molecule has 2 heterocycles. The maximum atomic E-state index is 13.2. The van der Waals surface area contributed by atoms with Gasteiger partial charge in [-0.15, -0.1) is 0 Å². The number of pyridine rings is 1. The monoisotopic (exact) mass is 194 g/mol. The molecule has 0 radical (unpaired) electrons. The van der Waals surface area contributed by atoms with Gasteiger partial charge < -0.3 is 5.11 Å². The van der Waals surface area contributed by atoms with Gasteiger partial charge in [-0.25, -0.2) is 4.98 Å². The zero-order valence-electron chi connectivity index (χ0n) is 7.65. The van der Waals surface area contributed by atoms with Crippen LogP contribution in [0.2, 0.25) is 0 Å². The first kappa shape index (κ1) is 9.15. The molecule has 14 heavy (non-hydrogen) atoms. The van der Waals surface area contributed by atoms with Crippen LogP contribution in [0, 0.1) is 5.95 Å². The van der Waals surface area contributed by atoms with Gasteiger partial charge in [0, 0.05) is 12.8 Å². The highest BCUT2D eigenvalue weighted by Crippen LogP contribution is 2.09. The van der Waals surface area contributed by atoms with Crippen molar-refractivity contribution >= 4 is 5.65 Å². The average Bonchev–Trinajstić information content (AvgIpc) is 2.59. The topological polar surface area (TPSA) is 37.5 Å². The molecule has 3 nitrogen and oxygen atoms in total. The van der Waals surface area contributed by atoms with Gasteiger partial charge in [-0.2, -0.15) is 4.39 Å². The van der Waals surface area contributed by atoms with Crippen LogP contribution in [0.25, 0.3) is 5.65 Å². The summed E-state index contributed by atoms with van der Waals surface area (Å²) < 4.78 is 14.6. The third-order valence-electron chi connectivity index (χ3n) is 2.08. The van der Waals surface area contributed by atoms with Crippen LogP contribution in [-0.4, -0.2) is 21.1 Å². The van der Waals surface area contributed by atoms with Gasteiger partial charge in [-0.05, 0) is 25.0 Å². The van der Waals surface area contributed by atoms with Crippen molar-refractivity contribution in [3.8, 4) is 0 Å². The average molecular weight is 194 g/mol. The third kappa shape index (κ3) is 1.61. The third-order valence-corrected chi connectivity index (χ3v) is 2.08. The lowest BCUT2D eigenvalue weighted by Crippen LogP contribution is -1.89. The molecule has 0 aromatic carbocycles. The first-order chi connectivity index (χ1) is 6.81. The standard InChI is InChI=1S/C10H11FN2O/c11-9-4-1-5-10-12-8(3-2-6-14)7-13(9)10/h1,4-5,7,14H,2-3,6H2. The van der Waals surface area contributed by atoms with Gasteiger partial charge in [-0.3, -0.25) is 4.40 Å². The summed E-state index contributed by atoms with van der Waals surface area (Å²) in [5.74, 6) is -0.315. The molecule has 2 rings (SSSR count). The van der Waals surface area contributed by atoms with Gasteiger partial charge in [0.05, 0.1) is 5.69 Å². The molecule has 0 saturated heterocycles. The van der Waals surface area contributed by atoms with Gasteiger partial charge in [0.25, 0.3) is 0 Å². The Labute approximate surface area is 80.8 Å². The van der Waals surface area contributed by atoms with Gasteiger partial charge in [-0.1, -0.05) is 6.07 Å². The maximum absolute atomic E-state index is 13.2. The second kappa shape index (κ2) is 3.75. The number of hydrogen-bond acceptors (Lipinski definition) is 2. The molecular formula is C10H11FN2O. The van der Waals surface area contributed by atoms with E-state index in [-0.39, 0.29) is 12.6 Å². The Kier molecular flexibility index (Phi) is 2.45. The molecule has 2 aromatic heterocycles. The Morgan fingerprint density at radius 1 is 1.43 bits per heavy atom. The molecule has 74 valence electrons. The second-order valence-corrected chi connectivity index (χ2v) is 3.14. The molecule has 0 aliphatic heterocycles. The summed E-state index contributed by atoms with van der Waals surface area (Å²) in [6.07, 6.45) is 3.00. The van der Waals surface area contributed by atoms with Crippen LogP contribution < -0.4 is 0 Å². The van der Waals surface area contributed by atoms with Crippen LogP contribution in [0.4, 0.5) is 4.39 Å². The molecule has 0 unspecified atom stereocenters. The molecule has 0 aliphatic rings. The van der Waals surface area contributed by atoms with Gasteiger partial charge >= 0.3 is 0 Å². The van der Waals surface area contributed by atoms with E-state index in [1.165, 1.54) is 10.5 Å². The number of halogens is 1. The summed E-state index contributed by atoms with van der Waals surface area (Å²) in [6.45, 7) is 0.135. The van der Waals surface area contributed by atoms with E-state index in [9.17, 15) is 4.39 Å². The molecule has 0 bridgehead atoms. The van der Waals surface area contributed by atoms with Gasteiger partial charge in [0.1, 0.15) is 5.65 Å². The molecule has 4 heteroatoms. The molecule has 0 amide bonds. The summed E-state index contributed by atoms with van der Waals surface area (Å²) in [4.78, 5) is 4.22. The van der Waals surface area contributed by atoms with E-state index in [2.05, 4.69) is 4.98 Å². The Bertz CT molecular complexity index is 439. The smallest absolute Gasteiger partial charge is 0.199 e. The minimum atomic E-state index is -0.315. The van der Waals surface area contributed by atoms with Crippen molar-refractivity contribution in [2.75, 3.05) is 6.61 Å². The summed E-state index contributed by atoms with van der Waals surface area (Å²) >= 11 is 0. The summed E-state index contributed by atoms with van der Waals surface area (Å²) in [5.41, 5.74) is 1.42. The molecule has 0 aliphatic carbocycles. The number of hydrogen-bond donors (Lipinski definition) is 1. The van der Waals surface area contributed by atoms with Crippen molar-refractivity contribution in [1.29, 1.82) is 0 Å². The zero-order valence-corrected chi connectivity index (χ0v) is 7.65. The van der Waals surface area contributed by atoms with Crippen LogP contribution >= 0.6 is 0 Å². The molecule has 2 aromatic rings. The molecule has 0 fully saturated rings. The summed E-state index contributed by atoms with van der Waals surface area (Å²) in [5, 5.41) is 8.65. The number of rotatable bonds is 3. The Balaban J connectivity index is 2.36. The lowest BCUT2D eigenvalue weighted by Gasteiger charge is -1.92. The molecule has 1 N–H and O–H groups in total. The second-order valence-electron chi connectivity index (χ2n) is 3.14. The van der Waals surface area contributed by atoms with Gasteiger partial charge in [0.2, 0.25) is 0 Å².